The van der Waals surface area contributed by atoms with E-state index in [-0.39, 0.29) is 29.5 Å². The summed E-state index contributed by atoms with van der Waals surface area (Å²) in [5.74, 6) is -0.657. The van der Waals surface area contributed by atoms with Crippen LogP contribution in [0.5, 0.6) is 5.75 Å². The van der Waals surface area contributed by atoms with Gasteiger partial charge in [0.15, 0.2) is 0 Å². The molecule has 2 atom stereocenters. The van der Waals surface area contributed by atoms with E-state index in [1.807, 2.05) is 0 Å². The Kier molecular flexibility index (Phi) is 5.68. The van der Waals surface area contributed by atoms with Crippen LogP contribution < -0.4 is 10.1 Å². The van der Waals surface area contributed by atoms with Crippen molar-refractivity contribution in [3.05, 3.63) is 29.8 Å². The third-order valence-electron chi connectivity index (χ3n) is 2.57. The minimum absolute atomic E-state index is 0.0387. The van der Waals surface area contributed by atoms with Crippen molar-refractivity contribution in [1.82, 2.24) is 5.32 Å². The Morgan fingerprint density at radius 2 is 2.05 bits per heavy atom. The molecule has 0 aromatic heterocycles. The molecule has 112 valence electrons. The topological polar surface area (TPSA) is 38.3 Å². The number of rotatable bonds is 5. The van der Waals surface area contributed by atoms with Crippen LogP contribution in [0.15, 0.2) is 24.3 Å². The zero-order chi connectivity index (χ0) is 15.3. The van der Waals surface area contributed by atoms with Gasteiger partial charge in [-0.15, -0.1) is 24.8 Å². The number of hydrogen-bond acceptors (Lipinski definition) is 2. The molecule has 3 nitrogen and oxygen atoms in total. The molecule has 1 amide bonds. The van der Waals surface area contributed by atoms with Gasteiger partial charge in [0.2, 0.25) is 5.91 Å². The van der Waals surface area contributed by atoms with E-state index in [0.717, 1.165) is 0 Å². The molecule has 1 rings (SSSR count). The first-order valence-corrected chi connectivity index (χ1v) is 6.39. The number of ether oxygens (including phenoxy) is 1. The Morgan fingerprint density at radius 1 is 1.40 bits per heavy atom. The van der Waals surface area contributed by atoms with Crippen LogP contribution in [0.1, 0.15) is 19.4 Å². The van der Waals surface area contributed by atoms with Gasteiger partial charge >= 0.3 is 6.36 Å². The lowest BCUT2D eigenvalue weighted by molar-refractivity contribution is -0.274. The Labute approximate surface area is 120 Å². The van der Waals surface area contributed by atoms with Crippen LogP contribution in [-0.4, -0.2) is 23.7 Å². The van der Waals surface area contributed by atoms with Crippen molar-refractivity contribution in [2.45, 2.75) is 38.0 Å². The molecular weight excluding hydrogens is 295 g/mol. The first kappa shape index (κ1) is 16.6. The predicted molar refractivity (Wildman–Crippen MR) is 69.7 cm³/mol. The molecule has 0 heterocycles. The molecule has 0 bridgehead atoms. The highest BCUT2D eigenvalue weighted by molar-refractivity contribution is 6.20. The number of alkyl halides is 4. The predicted octanol–water partition coefficient (Wildman–Crippen LogP) is 3.26. The van der Waals surface area contributed by atoms with Crippen LogP contribution in [0.3, 0.4) is 0 Å². The van der Waals surface area contributed by atoms with E-state index < -0.39 is 6.36 Å². The van der Waals surface area contributed by atoms with Crippen LogP contribution in [-0.2, 0) is 11.2 Å². The molecule has 0 aliphatic rings. The van der Waals surface area contributed by atoms with Crippen LogP contribution >= 0.6 is 11.6 Å². The van der Waals surface area contributed by atoms with Crippen molar-refractivity contribution >= 4 is 17.5 Å². The zero-order valence-electron chi connectivity index (χ0n) is 11.0. The summed E-state index contributed by atoms with van der Waals surface area (Å²) in [4.78, 5) is 11.7. The van der Waals surface area contributed by atoms with E-state index in [0.29, 0.717) is 5.56 Å². The van der Waals surface area contributed by atoms with Gasteiger partial charge in [-0.3, -0.25) is 4.79 Å². The highest BCUT2D eigenvalue weighted by Gasteiger charge is 2.31. The average molecular weight is 310 g/mol. The lowest BCUT2D eigenvalue weighted by Crippen LogP contribution is -2.38. The third kappa shape index (κ3) is 6.14. The number of carbonyl (C=O) groups excluding carboxylic acids is 1. The highest BCUT2D eigenvalue weighted by atomic mass is 35.5. The van der Waals surface area contributed by atoms with Gasteiger partial charge in [0.05, 0.1) is 11.8 Å². The van der Waals surface area contributed by atoms with Crippen LogP contribution in [0, 0.1) is 0 Å². The van der Waals surface area contributed by atoms with Crippen molar-refractivity contribution in [1.29, 1.82) is 0 Å². The smallest absolute Gasteiger partial charge is 0.406 e. The fraction of sp³-hybridized carbons (Fsp3) is 0.462. The summed E-state index contributed by atoms with van der Waals surface area (Å²) < 4.78 is 40.0. The summed E-state index contributed by atoms with van der Waals surface area (Å²) >= 11 is 5.81. The number of halogens is 4. The summed E-state index contributed by atoms with van der Waals surface area (Å²) in [5, 5.41) is 2.42. The molecule has 0 saturated heterocycles. The van der Waals surface area contributed by atoms with E-state index in [9.17, 15) is 18.0 Å². The van der Waals surface area contributed by atoms with Crippen molar-refractivity contribution in [2.75, 3.05) is 0 Å². The molecule has 7 heteroatoms. The summed E-state index contributed by atoms with van der Waals surface area (Å²) in [7, 11) is 0. The molecule has 0 spiro atoms. The minimum Gasteiger partial charge on any atom is -0.406 e. The van der Waals surface area contributed by atoms with Gasteiger partial charge in [-0.25, -0.2) is 0 Å². The van der Waals surface area contributed by atoms with Gasteiger partial charge in [-0.2, -0.15) is 0 Å². The monoisotopic (exact) mass is 309 g/mol. The Morgan fingerprint density at radius 3 is 2.60 bits per heavy atom. The first-order valence-electron chi connectivity index (χ1n) is 5.95. The second-order valence-corrected chi connectivity index (χ2v) is 5.09. The number of amides is 1. The fourth-order valence-electron chi connectivity index (χ4n) is 1.46. The van der Waals surface area contributed by atoms with Crippen LogP contribution in [0.25, 0.3) is 0 Å². The van der Waals surface area contributed by atoms with E-state index in [1.54, 1.807) is 19.9 Å². The summed E-state index contributed by atoms with van der Waals surface area (Å²) in [6, 6.07) is 5.09. The largest absolute Gasteiger partial charge is 0.573 e. The van der Waals surface area contributed by atoms with Crippen LogP contribution in [0.2, 0.25) is 0 Å². The van der Waals surface area contributed by atoms with Crippen molar-refractivity contribution in [3.8, 4) is 5.75 Å². The van der Waals surface area contributed by atoms with Crippen molar-refractivity contribution < 1.29 is 22.7 Å². The SMILES string of the molecule is CC(NC(=O)Cc1cccc(OC(F)(F)F)c1)[C@H](C)Cl. The molecule has 0 aliphatic carbocycles. The molecule has 0 saturated carbocycles. The van der Waals surface area contributed by atoms with Gasteiger partial charge in [0, 0.05) is 6.04 Å². The van der Waals surface area contributed by atoms with Gasteiger partial charge in [-0.05, 0) is 31.5 Å². The number of benzene rings is 1. The Balaban J connectivity index is 2.64. The van der Waals surface area contributed by atoms with E-state index >= 15 is 0 Å². The number of hydrogen-bond donors (Lipinski definition) is 1. The molecule has 1 unspecified atom stereocenters. The molecule has 1 aromatic rings. The van der Waals surface area contributed by atoms with Crippen molar-refractivity contribution in [3.63, 3.8) is 0 Å². The van der Waals surface area contributed by atoms with Gasteiger partial charge in [0.1, 0.15) is 5.75 Å². The minimum atomic E-state index is -4.75. The Bertz CT molecular complexity index is 463. The van der Waals surface area contributed by atoms with E-state index in [1.165, 1.54) is 18.2 Å². The standard InChI is InChI=1S/C13H15ClF3NO2/c1-8(14)9(2)18-12(19)7-10-4-3-5-11(6-10)20-13(15,16)17/h3-6,8-9H,7H2,1-2H3,(H,18,19)/t8-,9?/m0/s1. The molecule has 0 aliphatic heterocycles. The maximum Gasteiger partial charge on any atom is 0.573 e. The molecule has 0 fully saturated rings. The van der Waals surface area contributed by atoms with Gasteiger partial charge < -0.3 is 10.1 Å². The number of nitrogens with one attached hydrogen (secondary N) is 1. The molecule has 1 N–H and O–H groups in total. The highest BCUT2D eigenvalue weighted by Crippen LogP contribution is 2.23. The third-order valence-corrected chi connectivity index (χ3v) is 2.95. The lowest BCUT2D eigenvalue weighted by atomic mass is 10.1. The molecular formula is C13H15ClF3NO2. The average Bonchev–Trinajstić information content (AvgIpc) is 2.26. The summed E-state index contributed by atoms with van der Waals surface area (Å²) in [6.07, 6.45) is -4.79. The second kappa shape index (κ2) is 6.83. The normalized spacial score (nSPS) is 14.5. The van der Waals surface area contributed by atoms with Gasteiger partial charge in [0.25, 0.3) is 0 Å². The summed E-state index contributed by atoms with van der Waals surface area (Å²) in [5.41, 5.74) is 0.429. The quantitative estimate of drug-likeness (QED) is 0.848. The zero-order valence-corrected chi connectivity index (χ0v) is 11.8. The van der Waals surface area contributed by atoms with E-state index in [4.69, 9.17) is 11.6 Å². The fourth-order valence-corrected chi connectivity index (χ4v) is 1.52. The molecule has 20 heavy (non-hydrogen) atoms. The first-order chi connectivity index (χ1) is 9.17. The molecule has 1 aromatic carbocycles. The van der Waals surface area contributed by atoms with Crippen molar-refractivity contribution in [2.24, 2.45) is 0 Å². The Hall–Kier alpha value is -1.43. The maximum atomic E-state index is 12.1. The second-order valence-electron chi connectivity index (χ2n) is 4.41. The summed E-state index contributed by atoms with van der Waals surface area (Å²) in [6.45, 7) is 3.49. The maximum absolute atomic E-state index is 12.1. The van der Waals surface area contributed by atoms with Crippen LogP contribution in [0.4, 0.5) is 13.2 Å². The van der Waals surface area contributed by atoms with E-state index in [2.05, 4.69) is 10.1 Å². The number of carbonyl (C=O) groups is 1. The lowest BCUT2D eigenvalue weighted by Gasteiger charge is -2.16. The molecule has 0 radical (unpaired) electrons. The van der Waals surface area contributed by atoms with Gasteiger partial charge in [-0.1, -0.05) is 12.1 Å².